The molecule has 1 aliphatic rings. The molecule has 0 saturated carbocycles. The van der Waals surface area contributed by atoms with E-state index < -0.39 is 5.91 Å². The summed E-state index contributed by atoms with van der Waals surface area (Å²) in [4.78, 5) is 38.4. The summed E-state index contributed by atoms with van der Waals surface area (Å²) in [6.07, 6.45) is 3.75. The van der Waals surface area contributed by atoms with Gasteiger partial charge in [-0.25, -0.2) is 0 Å². The highest BCUT2D eigenvalue weighted by Gasteiger charge is 2.19. The molecule has 0 unspecified atom stereocenters. The number of pyridine rings is 1. The molecule has 1 saturated heterocycles. The van der Waals surface area contributed by atoms with Gasteiger partial charge in [-0.3, -0.25) is 14.4 Å². The molecule has 29 heavy (non-hydrogen) atoms. The zero-order valence-electron chi connectivity index (χ0n) is 15.8. The van der Waals surface area contributed by atoms with Crippen molar-refractivity contribution in [3.8, 4) is 0 Å². The topological polar surface area (TPSA) is 84.5 Å². The van der Waals surface area contributed by atoms with Crippen molar-refractivity contribution in [3.63, 3.8) is 0 Å². The zero-order chi connectivity index (χ0) is 20.2. The molecule has 1 N–H and O–H groups in total. The number of likely N-dealkylation sites (tertiary alicyclic amines) is 1. The average molecular weight is 391 g/mol. The molecule has 2 aromatic heterocycles. The summed E-state index contributed by atoms with van der Waals surface area (Å²) in [6, 6.07) is 15.0. The smallest absolute Gasteiger partial charge is 0.291 e. The lowest BCUT2D eigenvalue weighted by Crippen LogP contribution is -2.27. The molecule has 3 heterocycles. The van der Waals surface area contributed by atoms with Crippen LogP contribution in [0.25, 0.3) is 0 Å². The lowest BCUT2D eigenvalue weighted by atomic mass is 10.2. The van der Waals surface area contributed by atoms with E-state index >= 15 is 0 Å². The molecule has 148 valence electrons. The lowest BCUT2D eigenvalue weighted by molar-refractivity contribution is 0.0792. The molecule has 0 radical (unpaired) electrons. The van der Waals surface area contributed by atoms with Crippen LogP contribution < -0.4 is 10.9 Å². The Morgan fingerprint density at radius 3 is 2.45 bits per heavy atom. The minimum Gasteiger partial charge on any atom is -0.454 e. The molecular formula is C22H21N3O4. The SMILES string of the molecule is O=C(Nc1ccc(C(=O)N2CCCC2)cc1)c1ccc(Cn2ccccc2=O)o1. The number of nitrogens with one attached hydrogen (secondary N) is 1. The van der Waals surface area contributed by atoms with Crippen molar-refractivity contribution in [2.75, 3.05) is 18.4 Å². The Balaban J connectivity index is 1.39. The first kappa shape index (κ1) is 18.7. The highest BCUT2D eigenvalue weighted by molar-refractivity contribution is 6.02. The van der Waals surface area contributed by atoms with E-state index in [-0.39, 0.29) is 23.8 Å². The molecule has 1 aliphatic heterocycles. The molecule has 4 rings (SSSR count). The van der Waals surface area contributed by atoms with Gasteiger partial charge < -0.3 is 19.2 Å². The molecule has 0 spiro atoms. The van der Waals surface area contributed by atoms with Gasteiger partial charge in [0.05, 0.1) is 6.54 Å². The van der Waals surface area contributed by atoms with E-state index in [0.717, 1.165) is 25.9 Å². The molecule has 0 aliphatic carbocycles. The Hall–Kier alpha value is -3.61. The highest BCUT2D eigenvalue weighted by atomic mass is 16.4. The number of furan rings is 1. The predicted molar refractivity (Wildman–Crippen MR) is 108 cm³/mol. The average Bonchev–Trinajstić information content (AvgIpc) is 3.42. The first-order valence-corrected chi connectivity index (χ1v) is 9.55. The Morgan fingerprint density at radius 1 is 0.966 bits per heavy atom. The summed E-state index contributed by atoms with van der Waals surface area (Å²) in [5.74, 6) is 0.290. The number of benzene rings is 1. The Labute approximate surface area is 167 Å². The lowest BCUT2D eigenvalue weighted by Gasteiger charge is -2.15. The van der Waals surface area contributed by atoms with Crippen LogP contribution in [0.4, 0.5) is 5.69 Å². The third kappa shape index (κ3) is 4.29. The number of aromatic nitrogens is 1. The summed E-state index contributed by atoms with van der Waals surface area (Å²) in [7, 11) is 0. The van der Waals surface area contributed by atoms with Crippen LogP contribution in [-0.2, 0) is 6.54 Å². The van der Waals surface area contributed by atoms with Gasteiger partial charge in [0, 0.05) is 36.6 Å². The first-order chi connectivity index (χ1) is 14.1. The molecule has 7 heteroatoms. The third-order valence-corrected chi connectivity index (χ3v) is 4.89. The molecule has 1 fully saturated rings. The molecule has 0 atom stereocenters. The van der Waals surface area contributed by atoms with Gasteiger partial charge in [-0.2, -0.15) is 0 Å². The van der Waals surface area contributed by atoms with Gasteiger partial charge in [0.1, 0.15) is 5.76 Å². The van der Waals surface area contributed by atoms with Crippen LogP contribution in [0.2, 0.25) is 0 Å². The number of amides is 2. The summed E-state index contributed by atoms with van der Waals surface area (Å²) in [5, 5.41) is 2.76. The van der Waals surface area contributed by atoms with Crippen LogP contribution in [0, 0.1) is 0 Å². The van der Waals surface area contributed by atoms with Crippen molar-refractivity contribution >= 4 is 17.5 Å². The predicted octanol–water partition coefficient (Wildman–Crippen LogP) is 2.98. The maximum atomic E-state index is 12.4. The van der Waals surface area contributed by atoms with Crippen LogP contribution >= 0.6 is 0 Å². The highest BCUT2D eigenvalue weighted by Crippen LogP contribution is 2.17. The number of hydrogen-bond donors (Lipinski definition) is 1. The van der Waals surface area contributed by atoms with Crippen LogP contribution in [-0.4, -0.2) is 34.4 Å². The van der Waals surface area contributed by atoms with Crippen LogP contribution in [0.1, 0.15) is 39.5 Å². The number of hydrogen-bond acceptors (Lipinski definition) is 4. The van der Waals surface area contributed by atoms with Gasteiger partial charge in [-0.05, 0) is 55.3 Å². The summed E-state index contributed by atoms with van der Waals surface area (Å²) in [5.41, 5.74) is 1.04. The van der Waals surface area contributed by atoms with Crippen LogP contribution in [0.5, 0.6) is 0 Å². The third-order valence-electron chi connectivity index (χ3n) is 4.89. The van der Waals surface area contributed by atoms with Gasteiger partial charge in [-0.1, -0.05) is 6.07 Å². The Morgan fingerprint density at radius 2 is 1.72 bits per heavy atom. The molecule has 7 nitrogen and oxygen atoms in total. The van der Waals surface area contributed by atoms with Crippen molar-refractivity contribution in [1.82, 2.24) is 9.47 Å². The fraction of sp³-hybridized carbons (Fsp3) is 0.227. The first-order valence-electron chi connectivity index (χ1n) is 9.55. The Kier molecular flexibility index (Phi) is 5.29. The van der Waals surface area contributed by atoms with Crippen LogP contribution in [0.15, 0.2) is 70.0 Å². The molecule has 3 aromatic rings. The maximum absolute atomic E-state index is 12.4. The maximum Gasteiger partial charge on any atom is 0.291 e. The monoisotopic (exact) mass is 391 g/mol. The van der Waals surface area contributed by atoms with Crippen LogP contribution in [0.3, 0.4) is 0 Å². The van der Waals surface area contributed by atoms with Crippen molar-refractivity contribution in [2.24, 2.45) is 0 Å². The molecule has 1 aromatic carbocycles. The fourth-order valence-electron chi connectivity index (χ4n) is 3.34. The number of carbonyl (C=O) groups is 2. The second-order valence-corrected chi connectivity index (χ2v) is 6.96. The van der Waals surface area contributed by atoms with Crippen molar-refractivity contribution < 1.29 is 14.0 Å². The summed E-state index contributed by atoms with van der Waals surface area (Å²) >= 11 is 0. The molecule has 2 amide bonds. The quantitative estimate of drug-likeness (QED) is 0.725. The van der Waals surface area contributed by atoms with E-state index in [0.29, 0.717) is 17.0 Å². The van der Waals surface area contributed by atoms with Crippen molar-refractivity contribution in [2.45, 2.75) is 19.4 Å². The molecular weight excluding hydrogens is 370 g/mol. The van der Waals surface area contributed by atoms with Crippen molar-refractivity contribution in [3.05, 3.63) is 88.2 Å². The van der Waals surface area contributed by atoms with Gasteiger partial charge in [0.2, 0.25) is 0 Å². The van der Waals surface area contributed by atoms with Gasteiger partial charge in [0.15, 0.2) is 5.76 Å². The second-order valence-electron chi connectivity index (χ2n) is 6.96. The van der Waals surface area contributed by atoms with E-state index in [1.54, 1.807) is 54.7 Å². The summed E-state index contributed by atoms with van der Waals surface area (Å²) in [6.45, 7) is 1.85. The van der Waals surface area contributed by atoms with E-state index in [2.05, 4.69) is 5.32 Å². The van der Waals surface area contributed by atoms with E-state index in [9.17, 15) is 14.4 Å². The number of nitrogens with zero attached hydrogens (tertiary/aromatic N) is 2. The van der Waals surface area contributed by atoms with Crippen molar-refractivity contribution in [1.29, 1.82) is 0 Å². The minimum atomic E-state index is -0.393. The van der Waals surface area contributed by atoms with E-state index in [1.807, 2.05) is 4.90 Å². The Bertz CT molecular complexity index is 1080. The minimum absolute atomic E-state index is 0.0206. The number of rotatable bonds is 5. The molecule has 0 bridgehead atoms. The van der Waals surface area contributed by atoms with E-state index in [4.69, 9.17) is 4.42 Å². The van der Waals surface area contributed by atoms with E-state index in [1.165, 1.54) is 10.6 Å². The number of anilines is 1. The van der Waals surface area contributed by atoms with Gasteiger partial charge in [-0.15, -0.1) is 0 Å². The van der Waals surface area contributed by atoms with Gasteiger partial charge >= 0.3 is 0 Å². The summed E-state index contributed by atoms with van der Waals surface area (Å²) < 4.78 is 7.07. The normalized spacial score (nSPS) is 13.4. The number of carbonyl (C=O) groups excluding carboxylic acids is 2. The largest absolute Gasteiger partial charge is 0.454 e. The zero-order valence-corrected chi connectivity index (χ0v) is 15.8. The standard InChI is InChI=1S/C22H21N3O4/c26-20-5-1-2-14-25(20)15-18-10-11-19(29-18)21(27)23-17-8-6-16(7-9-17)22(28)24-12-3-4-13-24/h1-2,5-11,14H,3-4,12-13,15H2,(H,23,27). The van der Waals surface area contributed by atoms with Gasteiger partial charge in [0.25, 0.3) is 17.4 Å². The second kappa shape index (κ2) is 8.18. The fourth-order valence-corrected chi connectivity index (χ4v) is 3.34.